The quantitative estimate of drug-likeness (QED) is 0.933. The lowest BCUT2D eigenvalue weighted by molar-refractivity contribution is -0.160. The van der Waals surface area contributed by atoms with E-state index < -0.39 is 26.8 Å². The van der Waals surface area contributed by atoms with Crippen LogP contribution in [0.1, 0.15) is 12.8 Å². The van der Waals surface area contributed by atoms with Gasteiger partial charge in [-0.2, -0.15) is 17.9 Å². The molecule has 1 N–H and O–H groups in total. The number of aromatic nitrogens is 2. The van der Waals surface area contributed by atoms with E-state index in [0.717, 1.165) is 4.40 Å². The summed E-state index contributed by atoms with van der Waals surface area (Å²) in [5.74, 6) is 0. The molecule has 0 saturated heterocycles. The SMILES string of the molecule is O=S(=O)(NC1(C(F)(F)F)CC1)c1c(Cl)nc2ccccn12. The Hall–Kier alpha value is -1.32. The van der Waals surface area contributed by atoms with E-state index in [1.807, 2.05) is 0 Å². The van der Waals surface area contributed by atoms with Gasteiger partial charge in [-0.15, -0.1) is 0 Å². The van der Waals surface area contributed by atoms with Gasteiger partial charge >= 0.3 is 6.18 Å². The molecule has 21 heavy (non-hydrogen) atoms. The van der Waals surface area contributed by atoms with E-state index in [-0.39, 0.29) is 23.6 Å². The smallest absolute Gasteiger partial charge is 0.288 e. The molecule has 2 aromatic rings. The van der Waals surface area contributed by atoms with Crippen molar-refractivity contribution >= 4 is 27.3 Å². The Balaban J connectivity index is 2.08. The van der Waals surface area contributed by atoms with Crippen LogP contribution < -0.4 is 4.72 Å². The van der Waals surface area contributed by atoms with Crippen molar-refractivity contribution < 1.29 is 21.6 Å². The van der Waals surface area contributed by atoms with Gasteiger partial charge < -0.3 is 0 Å². The van der Waals surface area contributed by atoms with Gasteiger partial charge in [0.05, 0.1) is 0 Å². The van der Waals surface area contributed by atoms with E-state index in [2.05, 4.69) is 4.98 Å². The van der Waals surface area contributed by atoms with Crippen LogP contribution in [0.3, 0.4) is 0 Å². The van der Waals surface area contributed by atoms with Gasteiger partial charge in [0, 0.05) is 6.20 Å². The van der Waals surface area contributed by atoms with Crippen LogP contribution in [-0.2, 0) is 10.0 Å². The summed E-state index contributed by atoms with van der Waals surface area (Å²) in [5, 5.41) is -0.859. The molecule has 1 saturated carbocycles. The Bertz CT molecular complexity index is 812. The first-order valence-corrected chi connectivity index (χ1v) is 7.76. The van der Waals surface area contributed by atoms with Crippen molar-refractivity contribution in [3.63, 3.8) is 0 Å². The minimum absolute atomic E-state index is 0.236. The maximum atomic E-state index is 12.9. The van der Waals surface area contributed by atoms with E-state index in [1.165, 1.54) is 18.3 Å². The van der Waals surface area contributed by atoms with Crippen molar-refractivity contribution in [3.8, 4) is 0 Å². The van der Waals surface area contributed by atoms with Gasteiger partial charge in [-0.3, -0.25) is 4.40 Å². The monoisotopic (exact) mass is 339 g/mol. The second-order valence-electron chi connectivity index (χ2n) is 4.82. The van der Waals surface area contributed by atoms with Gasteiger partial charge in [0.15, 0.2) is 10.2 Å². The number of sulfonamides is 1. The third kappa shape index (κ3) is 2.29. The zero-order chi connectivity index (χ0) is 15.5. The predicted molar refractivity (Wildman–Crippen MR) is 68.5 cm³/mol. The number of rotatable bonds is 3. The first-order chi connectivity index (χ1) is 9.66. The summed E-state index contributed by atoms with van der Waals surface area (Å²) in [6.45, 7) is 0. The van der Waals surface area contributed by atoms with Crippen molar-refractivity contribution in [2.75, 3.05) is 0 Å². The Morgan fingerprint density at radius 2 is 2.00 bits per heavy atom. The van der Waals surface area contributed by atoms with Crippen molar-refractivity contribution in [1.82, 2.24) is 14.1 Å². The summed E-state index contributed by atoms with van der Waals surface area (Å²) in [6.07, 6.45) is -3.85. The molecule has 1 aliphatic rings. The van der Waals surface area contributed by atoms with Gasteiger partial charge in [0.2, 0.25) is 0 Å². The van der Waals surface area contributed by atoms with Crippen LogP contribution in [0.2, 0.25) is 5.15 Å². The number of imidazole rings is 1. The molecule has 2 heterocycles. The molecule has 0 unspecified atom stereocenters. The number of nitrogens with zero attached hydrogens (tertiary/aromatic N) is 2. The minimum Gasteiger partial charge on any atom is -0.288 e. The highest BCUT2D eigenvalue weighted by molar-refractivity contribution is 7.89. The molecule has 0 aromatic carbocycles. The van der Waals surface area contributed by atoms with Crippen LogP contribution in [0.25, 0.3) is 5.65 Å². The molecule has 2 aromatic heterocycles. The zero-order valence-corrected chi connectivity index (χ0v) is 11.9. The largest absolute Gasteiger partial charge is 0.407 e. The molecule has 0 radical (unpaired) electrons. The highest BCUT2D eigenvalue weighted by atomic mass is 35.5. The van der Waals surface area contributed by atoms with Crippen LogP contribution in [0, 0.1) is 0 Å². The summed E-state index contributed by atoms with van der Waals surface area (Å²) in [4.78, 5) is 3.82. The number of hydrogen-bond donors (Lipinski definition) is 1. The Morgan fingerprint density at radius 3 is 2.57 bits per heavy atom. The highest BCUT2D eigenvalue weighted by Gasteiger charge is 2.65. The highest BCUT2D eigenvalue weighted by Crippen LogP contribution is 2.49. The maximum absolute atomic E-state index is 12.9. The summed E-state index contributed by atoms with van der Waals surface area (Å²) in [6, 6.07) is 4.64. The predicted octanol–water partition coefficient (Wildman–Crippen LogP) is 2.36. The number of fused-ring (bicyclic) bond motifs is 1. The van der Waals surface area contributed by atoms with Gasteiger partial charge in [0.25, 0.3) is 10.0 Å². The lowest BCUT2D eigenvalue weighted by Crippen LogP contribution is -2.48. The van der Waals surface area contributed by atoms with E-state index in [0.29, 0.717) is 0 Å². The van der Waals surface area contributed by atoms with Gasteiger partial charge in [-0.1, -0.05) is 17.7 Å². The lowest BCUT2D eigenvalue weighted by Gasteiger charge is -2.20. The van der Waals surface area contributed by atoms with Crippen LogP contribution in [0.5, 0.6) is 0 Å². The average Bonchev–Trinajstić information content (AvgIpc) is 3.03. The summed E-state index contributed by atoms with van der Waals surface area (Å²) in [7, 11) is -4.45. The standard InChI is InChI=1S/C11H9ClF3N3O2S/c12-8-9(18-6-2-1-3-7(18)16-8)21(19,20)17-10(4-5-10)11(13,14)15/h1-3,6,17H,4-5H2. The van der Waals surface area contributed by atoms with Gasteiger partial charge in [-0.05, 0) is 25.0 Å². The molecule has 0 amide bonds. The summed E-state index contributed by atoms with van der Waals surface area (Å²) in [5.41, 5.74) is -2.16. The number of pyridine rings is 1. The van der Waals surface area contributed by atoms with Crippen LogP contribution in [0.4, 0.5) is 13.2 Å². The van der Waals surface area contributed by atoms with Gasteiger partial charge in [-0.25, -0.2) is 13.4 Å². The van der Waals surface area contributed by atoms with Crippen molar-refractivity contribution in [2.45, 2.75) is 29.6 Å². The molecule has 1 fully saturated rings. The molecular weight excluding hydrogens is 331 g/mol. The third-order valence-electron chi connectivity index (χ3n) is 3.32. The van der Waals surface area contributed by atoms with Crippen LogP contribution in [0.15, 0.2) is 29.4 Å². The molecule has 10 heteroatoms. The summed E-state index contributed by atoms with van der Waals surface area (Å²) < 4.78 is 66.1. The maximum Gasteiger partial charge on any atom is 0.407 e. The topological polar surface area (TPSA) is 63.5 Å². The normalized spacial score (nSPS) is 18.1. The Morgan fingerprint density at radius 1 is 1.33 bits per heavy atom. The van der Waals surface area contributed by atoms with E-state index in [9.17, 15) is 21.6 Å². The average molecular weight is 340 g/mol. The molecule has 0 atom stereocenters. The molecule has 114 valence electrons. The zero-order valence-electron chi connectivity index (χ0n) is 10.4. The van der Waals surface area contributed by atoms with E-state index in [4.69, 9.17) is 11.6 Å². The van der Waals surface area contributed by atoms with E-state index >= 15 is 0 Å². The second-order valence-corrected chi connectivity index (χ2v) is 6.78. The Kier molecular flexibility index (Phi) is 3.02. The molecule has 0 aliphatic heterocycles. The Labute approximate surface area is 122 Å². The third-order valence-corrected chi connectivity index (χ3v) is 5.26. The van der Waals surface area contributed by atoms with Crippen LogP contribution in [-0.4, -0.2) is 29.5 Å². The first kappa shape index (κ1) is 14.6. The molecule has 0 spiro atoms. The minimum atomic E-state index is -4.65. The van der Waals surface area contributed by atoms with Crippen LogP contribution >= 0.6 is 11.6 Å². The fourth-order valence-corrected chi connectivity index (χ4v) is 4.15. The number of halogens is 4. The molecule has 0 bridgehead atoms. The second kappa shape index (κ2) is 4.34. The fraction of sp³-hybridized carbons (Fsp3) is 0.364. The molecular formula is C11H9ClF3N3O2S. The molecule has 3 rings (SSSR count). The summed E-state index contributed by atoms with van der Waals surface area (Å²) >= 11 is 5.78. The number of alkyl halides is 3. The van der Waals surface area contributed by atoms with Crippen molar-refractivity contribution in [3.05, 3.63) is 29.5 Å². The number of hydrogen-bond acceptors (Lipinski definition) is 3. The van der Waals surface area contributed by atoms with Crippen molar-refractivity contribution in [1.29, 1.82) is 0 Å². The molecule has 5 nitrogen and oxygen atoms in total. The number of nitrogens with one attached hydrogen (secondary N) is 1. The lowest BCUT2D eigenvalue weighted by atomic mass is 10.3. The fourth-order valence-electron chi connectivity index (χ4n) is 2.06. The first-order valence-electron chi connectivity index (χ1n) is 5.90. The van der Waals surface area contributed by atoms with Gasteiger partial charge in [0.1, 0.15) is 11.2 Å². The van der Waals surface area contributed by atoms with Crippen molar-refractivity contribution in [2.24, 2.45) is 0 Å². The van der Waals surface area contributed by atoms with E-state index in [1.54, 1.807) is 10.8 Å². The molecule has 1 aliphatic carbocycles.